The third-order valence-electron chi connectivity index (χ3n) is 10.1. The molecule has 0 rings (SSSR count). The summed E-state index contributed by atoms with van der Waals surface area (Å²) < 4.78 is 27.3. The number of aliphatic hydroxyl groups excluding tert-OH is 1. The van der Waals surface area contributed by atoms with E-state index in [1.165, 1.54) is 186 Å². The summed E-state index contributed by atoms with van der Waals surface area (Å²) in [5.41, 5.74) is 0. The van der Waals surface area contributed by atoms with Gasteiger partial charge in [-0.25, -0.2) is 4.57 Å². The average molecular weight is 763 g/mol. The zero-order valence-corrected chi connectivity index (χ0v) is 36.0. The molecule has 52 heavy (non-hydrogen) atoms. The van der Waals surface area contributed by atoms with Crippen LogP contribution in [-0.4, -0.2) is 74.1 Å². The molecule has 0 saturated heterocycles. The molecule has 0 amide bonds. The fraction of sp³-hybridized carbons (Fsp3) is 0.977. The van der Waals surface area contributed by atoms with Crippen LogP contribution >= 0.6 is 7.82 Å². The molecule has 2 N–H and O–H groups in total. The summed E-state index contributed by atoms with van der Waals surface area (Å²) in [7, 11) is 1.58. The second-order valence-corrected chi connectivity index (χ2v) is 18.1. The van der Waals surface area contributed by atoms with Gasteiger partial charge in [0.05, 0.1) is 27.7 Å². The molecule has 0 aliphatic carbocycles. The van der Waals surface area contributed by atoms with Crippen LogP contribution in [0.15, 0.2) is 0 Å². The quantitative estimate of drug-likeness (QED) is 0.0276. The smallest absolute Gasteiger partial charge is 0.463 e. The molecular weight excluding hydrogens is 673 g/mol. The Morgan fingerprint density at radius 1 is 0.519 bits per heavy atom. The van der Waals surface area contributed by atoms with E-state index in [0.29, 0.717) is 17.4 Å². The number of phosphoric acid groups is 1. The van der Waals surface area contributed by atoms with Gasteiger partial charge in [0, 0.05) is 6.42 Å². The molecule has 9 heteroatoms. The number of ether oxygens (including phenoxy) is 1. The number of likely N-dealkylation sites (N-methyl/N-ethyl adjacent to an activating group) is 1. The summed E-state index contributed by atoms with van der Waals surface area (Å²) in [6, 6.07) is 0. The molecule has 0 aromatic rings. The van der Waals surface area contributed by atoms with Crippen molar-refractivity contribution in [1.82, 2.24) is 0 Å². The minimum atomic E-state index is -4.25. The highest BCUT2D eigenvalue weighted by Gasteiger charge is 2.24. The summed E-state index contributed by atoms with van der Waals surface area (Å²) in [6.07, 6.45) is 43.1. The summed E-state index contributed by atoms with van der Waals surface area (Å²) in [5, 5.41) is 9.91. The van der Waals surface area contributed by atoms with Crippen LogP contribution in [0.5, 0.6) is 0 Å². The van der Waals surface area contributed by atoms with Gasteiger partial charge < -0.3 is 19.2 Å². The van der Waals surface area contributed by atoms with Crippen LogP contribution in [0.4, 0.5) is 0 Å². The van der Waals surface area contributed by atoms with Crippen LogP contribution in [0.3, 0.4) is 0 Å². The molecule has 0 saturated carbocycles. The summed E-state index contributed by atoms with van der Waals surface area (Å²) in [6.45, 7) is 2.18. The summed E-state index contributed by atoms with van der Waals surface area (Å²) >= 11 is 0. The van der Waals surface area contributed by atoms with Crippen molar-refractivity contribution in [3.63, 3.8) is 0 Å². The monoisotopic (exact) mass is 763 g/mol. The number of unbranched alkanes of at least 4 members (excludes halogenated alkanes) is 31. The van der Waals surface area contributed by atoms with Crippen molar-refractivity contribution >= 4 is 13.8 Å². The lowest BCUT2D eigenvalue weighted by Crippen LogP contribution is -2.37. The second-order valence-electron chi connectivity index (χ2n) is 16.7. The lowest BCUT2D eigenvalue weighted by Gasteiger charge is -2.24. The molecule has 0 aromatic carbocycles. The molecule has 0 bridgehead atoms. The SMILES string of the molecule is CCCCCCCCCCCCCCCCCCCCCCCCCCCCCCCCCCC(=O)OCC(O)COP(=O)(O)OCC[N+](C)(C)C. The highest BCUT2D eigenvalue weighted by atomic mass is 31.2. The first-order chi connectivity index (χ1) is 25.1. The highest BCUT2D eigenvalue weighted by Crippen LogP contribution is 2.43. The van der Waals surface area contributed by atoms with E-state index in [2.05, 4.69) is 6.92 Å². The van der Waals surface area contributed by atoms with Crippen LogP contribution in [0.25, 0.3) is 0 Å². The topological polar surface area (TPSA) is 102 Å². The zero-order valence-electron chi connectivity index (χ0n) is 35.1. The van der Waals surface area contributed by atoms with E-state index < -0.39 is 20.5 Å². The van der Waals surface area contributed by atoms with E-state index in [0.717, 1.165) is 19.3 Å². The largest absolute Gasteiger partial charge is 0.472 e. The zero-order chi connectivity index (χ0) is 38.4. The number of quaternary nitrogens is 1. The van der Waals surface area contributed by atoms with E-state index in [-0.39, 0.29) is 19.2 Å². The van der Waals surface area contributed by atoms with Crippen LogP contribution in [0.2, 0.25) is 0 Å². The molecule has 312 valence electrons. The Kier molecular flexibility index (Phi) is 37.1. The van der Waals surface area contributed by atoms with Crippen molar-refractivity contribution < 1.29 is 37.6 Å². The molecule has 0 aliphatic heterocycles. The van der Waals surface area contributed by atoms with Crippen molar-refractivity contribution in [3.05, 3.63) is 0 Å². The van der Waals surface area contributed by atoms with Gasteiger partial charge in [-0.15, -0.1) is 0 Å². The molecule has 0 spiro atoms. The van der Waals surface area contributed by atoms with Gasteiger partial charge in [0.2, 0.25) is 0 Å². The number of hydrogen-bond acceptors (Lipinski definition) is 6. The van der Waals surface area contributed by atoms with Crippen molar-refractivity contribution in [2.75, 3.05) is 47.5 Å². The first kappa shape index (κ1) is 51.5. The Morgan fingerprint density at radius 3 is 1.13 bits per heavy atom. The minimum Gasteiger partial charge on any atom is -0.463 e. The molecule has 2 unspecified atom stereocenters. The Labute approximate surface area is 323 Å². The number of carbonyl (C=O) groups excluding carboxylic acids is 1. The van der Waals surface area contributed by atoms with Gasteiger partial charge in [-0.05, 0) is 6.42 Å². The fourth-order valence-corrected chi connectivity index (χ4v) is 7.35. The normalized spacial score (nSPS) is 13.7. The highest BCUT2D eigenvalue weighted by molar-refractivity contribution is 7.47. The Bertz CT molecular complexity index is 807. The van der Waals surface area contributed by atoms with Crippen LogP contribution in [0, 0.1) is 0 Å². The molecule has 8 nitrogen and oxygen atoms in total. The molecule has 0 aliphatic rings. The van der Waals surface area contributed by atoms with Crippen molar-refractivity contribution in [1.29, 1.82) is 0 Å². The molecular formula is C43H89NO7P+. The molecule has 2 atom stereocenters. The molecule has 0 aromatic heterocycles. The Balaban J connectivity index is 3.29. The van der Waals surface area contributed by atoms with Crippen molar-refractivity contribution in [2.24, 2.45) is 0 Å². The third-order valence-corrected chi connectivity index (χ3v) is 11.1. The van der Waals surface area contributed by atoms with Gasteiger partial charge in [0.25, 0.3) is 0 Å². The lowest BCUT2D eigenvalue weighted by atomic mass is 10.0. The van der Waals surface area contributed by atoms with E-state index in [1.807, 2.05) is 21.1 Å². The number of rotatable bonds is 42. The van der Waals surface area contributed by atoms with Crippen LogP contribution < -0.4 is 0 Å². The van der Waals surface area contributed by atoms with Gasteiger partial charge >= 0.3 is 13.8 Å². The maximum Gasteiger partial charge on any atom is 0.472 e. The van der Waals surface area contributed by atoms with E-state index in [9.17, 15) is 19.4 Å². The summed E-state index contributed by atoms with van der Waals surface area (Å²) in [5.74, 6) is -0.365. The van der Waals surface area contributed by atoms with Gasteiger partial charge in [0.15, 0.2) is 0 Å². The molecule has 0 heterocycles. The van der Waals surface area contributed by atoms with E-state index >= 15 is 0 Å². The van der Waals surface area contributed by atoms with Crippen LogP contribution in [0.1, 0.15) is 219 Å². The maximum absolute atomic E-state index is 11.9. The van der Waals surface area contributed by atoms with Crippen LogP contribution in [-0.2, 0) is 23.1 Å². The molecule has 0 fully saturated rings. The predicted molar refractivity (Wildman–Crippen MR) is 220 cm³/mol. The number of esters is 1. The van der Waals surface area contributed by atoms with Gasteiger partial charge in [-0.2, -0.15) is 0 Å². The Hall–Kier alpha value is -0.500. The third kappa shape index (κ3) is 42.2. The standard InChI is InChI=1S/C43H88NO7P/c1-5-6-7-8-9-10-11-12-13-14-15-16-17-18-19-20-21-22-23-24-25-26-27-28-29-30-31-32-33-34-35-36-37-43(46)49-40-42(45)41-51-52(47,48)50-39-38-44(2,3)4/h42,45H,5-41H2,1-4H3/p+1. The van der Waals surface area contributed by atoms with Gasteiger partial charge in [0.1, 0.15) is 25.9 Å². The number of hydrogen-bond donors (Lipinski definition) is 2. The minimum absolute atomic E-state index is 0.0576. The number of nitrogens with zero attached hydrogens (tertiary/aromatic N) is 1. The van der Waals surface area contributed by atoms with E-state index in [4.69, 9.17) is 13.8 Å². The van der Waals surface area contributed by atoms with Crippen molar-refractivity contribution in [2.45, 2.75) is 225 Å². The fourth-order valence-electron chi connectivity index (χ4n) is 6.60. The first-order valence-corrected chi connectivity index (χ1v) is 23.8. The molecule has 0 radical (unpaired) electrons. The summed E-state index contributed by atoms with van der Waals surface area (Å²) in [4.78, 5) is 21.6. The number of phosphoric ester groups is 1. The Morgan fingerprint density at radius 2 is 0.827 bits per heavy atom. The van der Waals surface area contributed by atoms with Crippen molar-refractivity contribution in [3.8, 4) is 0 Å². The number of aliphatic hydroxyl groups is 1. The van der Waals surface area contributed by atoms with E-state index in [1.54, 1.807) is 0 Å². The maximum atomic E-state index is 11.9. The second kappa shape index (κ2) is 37.4. The average Bonchev–Trinajstić information content (AvgIpc) is 3.09. The first-order valence-electron chi connectivity index (χ1n) is 22.3. The van der Waals surface area contributed by atoms with Gasteiger partial charge in [-0.3, -0.25) is 13.8 Å². The predicted octanol–water partition coefficient (Wildman–Crippen LogP) is 12.6. The number of carbonyl (C=O) groups is 1. The lowest BCUT2D eigenvalue weighted by molar-refractivity contribution is -0.870. The van der Waals surface area contributed by atoms with Gasteiger partial charge in [-0.1, -0.05) is 206 Å².